The Hall–Kier alpha value is -1.88. The lowest BCUT2D eigenvalue weighted by Crippen LogP contribution is -2.47. The molecule has 0 aromatic heterocycles. The third kappa shape index (κ3) is 5.19. The second-order valence-electron chi connectivity index (χ2n) is 6.51. The number of hydrogen-bond acceptors (Lipinski definition) is 3. The van der Waals surface area contributed by atoms with E-state index in [1.54, 1.807) is 31.2 Å². The van der Waals surface area contributed by atoms with E-state index in [1.165, 1.54) is 0 Å². The van der Waals surface area contributed by atoms with Crippen molar-refractivity contribution < 1.29 is 9.59 Å². The highest BCUT2D eigenvalue weighted by Gasteiger charge is 2.25. The van der Waals surface area contributed by atoms with Crippen molar-refractivity contribution in [2.75, 3.05) is 5.32 Å². The molecule has 1 atom stereocenters. The third-order valence-corrected chi connectivity index (χ3v) is 3.15. The molecule has 1 unspecified atom stereocenters. The van der Waals surface area contributed by atoms with E-state index in [0.29, 0.717) is 17.7 Å². The van der Waals surface area contributed by atoms with Crippen LogP contribution in [0.25, 0.3) is 0 Å². The molecule has 21 heavy (non-hydrogen) atoms. The first-order valence-electron chi connectivity index (χ1n) is 7.08. The average Bonchev–Trinajstić information content (AvgIpc) is 2.37. The predicted octanol–water partition coefficient (Wildman–Crippen LogP) is 2.28. The van der Waals surface area contributed by atoms with Gasteiger partial charge >= 0.3 is 0 Å². The number of nitrogens with one attached hydrogen (secondary N) is 2. The lowest BCUT2D eigenvalue weighted by atomic mass is 9.99. The fourth-order valence-corrected chi connectivity index (χ4v) is 1.55. The molecular weight excluding hydrogens is 266 g/mol. The van der Waals surface area contributed by atoms with Crippen LogP contribution >= 0.6 is 0 Å². The molecule has 5 nitrogen and oxygen atoms in total. The van der Waals surface area contributed by atoms with Crippen molar-refractivity contribution in [2.45, 2.75) is 52.1 Å². The second kappa shape index (κ2) is 6.26. The lowest BCUT2D eigenvalue weighted by Gasteiger charge is -2.22. The van der Waals surface area contributed by atoms with E-state index in [-0.39, 0.29) is 17.4 Å². The minimum Gasteiger partial charge on any atom is -0.347 e. The van der Waals surface area contributed by atoms with E-state index in [1.807, 2.05) is 27.7 Å². The van der Waals surface area contributed by atoms with Crippen molar-refractivity contribution in [1.82, 2.24) is 5.32 Å². The number of benzene rings is 1. The fraction of sp³-hybridized carbons (Fsp3) is 0.500. The Morgan fingerprint density at radius 1 is 1.10 bits per heavy atom. The average molecular weight is 291 g/mol. The number of hydrogen-bond donors (Lipinski definition) is 3. The molecule has 5 heteroatoms. The Labute approximate surface area is 126 Å². The van der Waals surface area contributed by atoms with Gasteiger partial charge in [0, 0.05) is 16.8 Å². The van der Waals surface area contributed by atoms with Gasteiger partial charge < -0.3 is 16.4 Å². The molecule has 4 N–H and O–H groups in total. The molecule has 2 amide bonds. The second-order valence-corrected chi connectivity index (χ2v) is 6.51. The highest BCUT2D eigenvalue weighted by molar-refractivity contribution is 5.99. The molecule has 1 aromatic rings. The standard InChI is InChI=1S/C16H25N3O2/c1-6-16(5,17)14(21)18-12-9-7-11(8-10-12)13(20)19-15(2,3)4/h7-10H,6,17H2,1-5H3,(H,18,21)(H,19,20). The highest BCUT2D eigenvalue weighted by Crippen LogP contribution is 2.14. The largest absolute Gasteiger partial charge is 0.347 e. The maximum atomic E-state index is 12.0. The summed E-state index contributed by atoms with van der Waals surface area (Å²) in [5, 5.41) is 5.63. The minimum absolute atomic E-state index is 0.141. The van der Waals surface area contributed by atoms with Gasteiger partial charge in [-0.2, -0.15) is 0 Å². The van der Waals surface area contributed by atoms with Gasteiger partial charge in [-0.3, -0.25) is 9.59 Å². The quantitative estimate of drug-likeness (QED) is 0.795. The van der Waals surface area contributed by atoms with Crippen molar-refractivity contribution >= 4 is 17.5 Å². The fourth-order valence-electron chi connectivity index (χ4n) is 1.55. The molecule has 0 aliphatic carbocycles. The Morgan fingerprint density at radius 2 is 1.62 bits per heavy atom. The summed E-state index contributed by atoms with van der Waals surface area (Å²) in [4.78, 5) is 23.9. The van der Waals surface area contributed by atoms with Crippen LogP contribution in [0.1, 0.15) is 51.4 Å². The van der Waals surface area contributed by atoms with Crippen LogP contribution in [0, 0.1) is 0 Å². The summed E-state index contributed by atoms with van der Waals surface area (Å²) in [5.74, 6) is -0.380. The van der Waals surface area contributed by atoms with Crippen molar-refractivity contribution in [2.24, 2.45) is 5.73 Å². The minimum atomic E-state index is -0.901. The van der Waals surface area contributed by atoms with Crippen molar-refractivity contribution in [1.29, 1.82) is 0 Å². The first kappa shape index (κ1) is 17.2. The zero-order valence-corrected chi connectivity index (χ0v) is 13.4. The van der Waals surface area contributed by atoms with Crippen LogP contribution in [0.15, 0.2) is 24.3 Å². The molecule has 0 bridgehead atoms. The van der Waals surface area contributed by atoms with Gasteiger partial charge in [-0.05, 0) is 58.4 Å². The van der Waals surface area contributed by atoms with E-state index >= 15 is 0 Å². The summed E-state index contributed by atoms with van der Waals surface area (Å²) in [5.41, 5.74) is 5.87. The molecule has 0 aliphatic rings. The summed E-state index contributed by atoms with van der Waals surface area (Å²) in [7, 11) is 0. The smallest absolute Gasteiger partial charge is 0.251 e. The van der Waals surface area contributed by atoms with E-state index in [0.717, 1.165) is 0 Å². The Kier molecular flexibility index (Phi) is 5.12. The van der Waals surface area contributed by atoms with Gasteiger partial charge in [0.25, 0.3) is 5.91 Å². The van der Waals surface area contributed by atoms with Crippen molar-refractivity contribution in [3.8, 4) is 0 Å². The van der Waals surface area contributed by atoms with E-state index < -0.39 is 5.54 Å². The van der Waals surface area contributed by atoms with E-state index in [2.05, 4.69) is 10.6 Å². The number of amides is 2. The van der Waals surface area contributed by atoms with Gasteiger partial charge in [0.15, 0.2) is 0 Å². The molecule has 1 aromatic carbocycles. The van der Waals surface area contributed by atoms with Gasteiger partial charge in [0.1, 0.15) is 0 Å². The van der Waals surface area contributed by atoms with Gasteiger partial charge in [0.05, 0.1) is 5.54 Å². The van der Waals surface area contributed by atoms with Gasteiger partial charge in [0.2, 0.25) is 5.91 Å². The number of carbonyl (C=O) groups excluding carboxylic acids is 2. The summed E-state index contributed by atoms with van der Waals surface area (Å²) in [6.45, 7) is 9.32. The predicted molar refractivity (Wildman–Crippen MR) is 85.2 cm³/mol. The molecule has 1 rings (SSSR count). The van der Waals surface area contributed by atoms with Crippen LogP contribution in [0.5, 0.6) is 0 Å². The first-order chi connectivity index (χ1) is 9.55. The molecule has 0 heterocycles. The van der Waals surface area contributed by atoms with E-state index in [9.17, 15) is 9.59 Å². The number of carbonyl (C=O) groups is 2. The Morgan fingerprint density at radius 3 is 2.05 bits per heavy atom. The zero-order valence-electron chi connectivity index (χ0n) is 13.4. The van der Waals surface area contributed by atoms with Crippen LogP contribution in [0.3, 0.4) is 0 Å². The molecular formula is C16H25N3O2. The summed E-state index contributed by atoms with van der Waals surface area (Å²) in [6, 6.07) is 6.75. The number of anilines is 1. The molecule has 0 spiro atoms. The molecule has 0 saturated carbocycles. The maximum absolute atomic E-state index is 12.0. The SMILES string of the molecule is CCC(C)(N)C(=O)Nc1ccc(C(=O)NC(C)(C)C)cc1. The van der Waals surface area contributed by atoms with Crippen LogP contribution in [0.2, 0.25) is 0 Å². The molecule has 0 saturated heterocycles. The van der Waals surface area contributed by atoms with Gasteiger partial charge in [-0.15, -0.1) is 0 Å². The first-order valence-corrected chi connectivity index (χ1v) is 7.08. The Balaban J connectivity index is 2.75. The highest BCUT2D eigenvalue weighted by atomic mass is 16.2. The molecule has 0 fully saturated rings. The van der Waals surface area contributed by atoms with Crippen LogP contribution in [-0.2, 0) is 4.79 Å². The molecule has 0 aliphatic heterocycles. The third-order valence-electron chi connectivity index (χ3n) is 3.15. The number of nitrogens with two attached hydrogens (primary N) is 1. The normalized spacial score (nSPS) is 14.2. The molecule has 116 valence electrons. The molecule has 0 radical (unpaired) electrons. The Bertz CT molecular complexity index is 513. The van der Waals surface area contributed by atoms with Gasteiger partial charge in [-0.1, -0.05) is 6.92 Å². The zero-order chi connectivity index (χ0) is 16.3. The van der Waals surface area contributed by atoms with Crippen LogP contribution in [-0.4, -0.2) is 22.9 Å². The van der Waals surface area contributed by atoms with Crippen molar-refractivity contribution in [3.63, 3.8) is 0 Å². The van der Waals surface area contributed by atoms with Crippen LogP contribution in [0.4, 0.5) is 5.69 Å². The lowest BCUT2D eigenvalue weighted by molar-refractivity contribution is -0.120. The summed E-state index contributed by atoms with van der Waals surface area (Å²) < 4.78 is 0. The van der Waals surface area contributed by atoms with E-state index in [4.69, 9.17) is 5.73 Å². The monoisotopic (exact) mass is 291 g/mol. The summed E-state index contributed by atoms with van der Waals surface area (Å²) in [6.07, 6.45) is 0.547. The summed E-state index contributed by atoms with van der Waals surface area (Å²) >= 11 is 0. The number of rotatable bonds is 4. The van der Waals surface area contributed by atoms with Crippen molar-refractivity contribution in [3.05, 3.63) is 29.8 Å². The maximum Gasteiger partial charge on any atom is 0.251 e. The van der Waals surface area contributed by atoms with Gasteiger partial charge in [-0.25, -0.2) is 0 Å². The topological polar surface area (TPSA) is 84.2 Å². The van der Waals surface area contributed by atoms with Crippen LogP contribution < -0.4 is 16.4 Å².